The summed E-state index contributed by atoms with van der Waals surface area (Å²) in [7, 11) is 0. The fourth-order valence-corrected chi connectivity index (χ4v) is 3.61. The zero-order valence-electron chi connectivity index (χ0n) is 16.4. The van der Waals surface area contributed by atoms with Gasteiger partial charge in [0.25, 0.3) is 5.91 Å². The molecule has 6 nitrogen and oxygen atoms in total. The molecule has 0 fully saturated rings. The standard InChI is InChI=1S/C23H22N2O4/c1-14(2)22(27)25-10-9-15-7-8-18(11-17(15)13-25)24-21(26)19-12-16-5-3-4-6-20(16)29-23(19)28/h3-8,11-12,14H,9-10,13H2,1-2H3,(H,24,26). The molecule has 4 rings (SSSR count). The van der Waals surface area contributed by atoms with Crippen LogP contribution in [0.5, 0.6) is 0 Å². The quantitative estimate of drug-likeness (QED) is 0.693. The molecule has 0 atom stereocenters. The third-order valence-electron chi connectivity index (χ3n) is 5.17. The number of para-hydroxylation sites is 1. The van der Waals surface area contributed by atoms with Gasteiger partial charge in [0.05, 0.1) is 0 Å². The van der Waals surface area contributed by atoms with Crippen LogP contribution in [0, 0.1) is 5.92 Å². The Morgan fingerprint density at radius 3 is 2.66 bits per heavy atom. The highest BCUT2D eigenvalue weighted by molar-refractivity contribution is 6.05. The molecule has 148 valence electrons. The lowest BCUT2D eigenvalue weighted by atomic mass is 9.98. The number of nitrogens with zero attached hydrogens (tertiary/aromatic N) is 1. The molecule has 2 aromatic carbocycles. The summed E-state index contributed by atoms with van der Waals surface area (Å²) in [5.41, 5.74) is 2.48. The summed E-state index contributed by atoms with van der Waals surface area (Å²) < 4.78 is 5.24. The van der Waals surface area contributed by atoms with Gasteiger partial charge in [-0.25, -0.2) is 4.79 Å². The van der Waals surface area contributed by atoms with Crippen LogP contribution < -0.4 is 10.9 Å². The lowest BCUT2D eigenvalue weighted by Gasteiger charge is -2.30. The Morgan fingerprint density at radius 2 is 1.86 bits per heavy atom. The number of amides is 2. The van der Waals surface area contributed by atoms with E-state index in [1.807, 2.05) is 43.0 Å². The van der Waals surface area contributed by atoms with Crippen molar-refractivity contribution in [1.29, 1.82) is 0 Å². The van der Waals surface area contributed by atoms with Crippen molar-refractivity contribution in [3.8, 4) is 0 Å². The van der Waals surface area contributed by atoms with Gasteiger partial charge in [-0.2, -0.15) is 0 Å². The number of anilines is 1. The molecule has 0 bridgehead atoms. The molecule has 3 aromatic rings. The largest absolute Gasteiger partial charge is 0.422 e. The van der Waals surface area contributed by atoms with Crippen molar-refractivity contribution in [3.05, 3.63) is 75.6 Å². The summed E-state index contributed by atoms with van der Waals surface area (Å²) in [6.07, 6.45) is 0.788. The van der Waals surface area contributed by atoms with Crippen LogP contribution in [0.3, 0.4) is 0 Å². The van der Waals surface area contributed by atoms with Gasteiger partial charge in [0.1, 0.15) is 11.1 Å². The van der Waals surface area contributed by atoms with Crippen molar-refractivity contribution in [3.63, 3.8) is 0 Å². The van der Waals surface area contributed by atoms with Crippen molar-refractivity contribution in [2.24, 2.45) is 5.92 Å². The van der Waals surface area contributed by atoms with E-state index in [4.69, 9.17) is 4.42 Å². The minimum Gasteiger partial charge on any atom is -0.422 e. The van der Waals surface area contributed by atoms with Crippen molar-refractivity contribution in [1.82, 2.24) is 4.90 Å². The van der Waals surface area contributed by atoms with Gasteiger partial charge in [-0.15, -0.1) is 0 Å². The fraction of sp³-hybridized carbons (Fsp3) is 0.261. The minimum atomic E-state index is -0.673. The zero-order valence-corrected chi connectivity index (χ0v) is 16.4. The van der Waals surface area contributed by atoms with Crippen LogP contribution >= 0.6 is 0 Å². The average molecular weight is 390 g/mol. The number of hydrogen-bond acceptors (Lipinski definition) is 4. The van der Waals surface area contributed by atoms with E-state index in [9.17, 15) is 14.4 Å². The first-order valence-corrected chi connectivity index (χ1v) is 9.67. The maximum Gasteiger partial charge on any atom is 0.349 e. The maximum atomic E-state index is 12.7. The number of carbonyl (C=O) groups is 2. The van der Waals surface area contributed by atoms with Crippen LogP contribution in [-0.2, 0) is 17.8 Å². The fourth-order valence-electron chi connectivity index (χ4n) is 3.61. The normalized spacial score (nSPS) is 13.4. The van der Waals surface area contributed by atoms with Gasteiger partial charge >= 0.3 is 5.63 Å². The van der Waals surface area contributed by atoms with E-state index >= 15 is 0 Å². The Labute approximate surface area is 168 Å². The van der Waals surface area contributed by atoms with Crippen LogP contribution in [0.2, 0.25) is 0 Å². The first-order chi connectivity index (χ1) is 13.9. The number of hydrogen-bond donors (Lipinski definition) is 1. The van der Waals surface area contributed by atoms with Crippen LogP contribution in [0.4, 0.5) is 5.69 Å². The number of carbonyl (C=O) groups excluding carboxylic acids is 2. The van der Waals surface area contributed by atoms with Crippen LogP contribution in [0.1, 0.15) is 35.3 Å². The monoisotopic (exact) mass is 390 g/mol. The van der Waals surface area contributed by atoms with Crippen LogP contribution in [0.15, 0.2) is 57.7 Å². The Balaban J connectivity index is 1.57. The third kappa shape index (κ3) is 3.78. The summed E-state index contributed by atoms with van der Waals surface area (Å²) in [5, 5.41) is 3.46. The molecule has 1 N–H and O–H groups in total. The smallest absolute Gasteiger partial charge is 0.349 e. The van der Waals surface area contributed by atoms with Crippen molar-refractivity contribution >= 4 is 28.5 Å². The maximum absolute atomic E-state index is 12.7. The van der Waals surface area contributed by atoms with E-state index in [0.29, 0.717) is 29.7 Å². The van der Waals surface area contributed by atoms with E-state index in [-0.39, 0.29) is 17.4 Å². The van der Waals surface area contributed by atoms with Gasteiger partial charge in [0, 0.05) is 30.1 Å². The molecule has 1 aromatic heterocycles. The first-order valence-electron chi connectivity index (χ1n) is 9.67. The molecular formula is C23H22N2O4. The van der Waals surface area contributed by atoms with Crippen molar-refractivity contribution in [2.45, 2.75) is 26.8 Å². The van der Waals surface area contributed by atoms with Gasteiger partial charge < -0.3 is 14.6 Å². The molecule has 0 saturated carbocycles. The zero-order chi connectivity index (χ0) is 20.5. The van der Waals surface area contributed by atoms with Gasteiger partial charge in [0.2, 0.25) is 5.91 Å². The molecule has 0 unspecified atom stereocenters. The third-order valence-corrected chi connectivity index (χ3v) is 5.17. The molecule has 0 saturated heterocycles. The lowest BCUT2D eigenvalue weighted by Crippen LogP contribution is -2.38. The summed E-state index contributed by atoms with van der Waals surface area (Å²) in [4.78, 5) is 39.0. The van der Waals surface area contributed by atoms with Gasteiger partial charge in [-0.3, -0.25) is 9.59 Å². The highest BCUT2D eigenvalue weighted by atomic mass is 16.4. The number of fused-ring (bicyclic) bond motifs is 2. The first kappa shape index (κ1) is 18.9. The Bertz CT molecular complexity index is 1160. The van der Waals surface area contributed by atoms with Crippen LogP contribution in [0.25, 0.3) is 11.0 Å². The molecule has 29 heavy (non-hydrogen) atoms. The molecular weight excluding hydrogens is 368 g/mol. The number of benzene rings is 2. The summed E-state index contributed by atoms with van der Waals surface area (Å²) in [5.74, 6) is -0.444. The summed E-state index contributed by atoms with van der Waals surface area (Å²) in [6.45, 7) is 5.01. The van der Waals surface area contributed by atoms with E-state index < -0.39 is 11.5 Å². The number of rotatable bonds is 3. The molecule has 1 aliphatic heterocycles. The molecule has 2 amide bonds. The van der Waals surface area contributed by atoms with Gasteiger partial charge in [-0.05, 0) is 41.8 Å². The second-order valence-electron chi connectivity index (χ2n) is 7.59. The second-order valence-corrected chi connectivity index (χ2v) is 7.59. The Kier molecular flexibility index (Phi) is 4.92. The SMILES string of the molecule is CC(C)C(=O)N1CCc2ccc(NC(=O)c3cc4ccccc4oc3=O)cc2C1. The highest BCUT2D eigenvalue weighted by Crippen LogP contribution is 2.24. The van der Waals surface area contributed by atoms with E-state index in [0.717, 1.165) is 12.0 Å². The topological polar surface area (TPSA) is 79.6 Å². The molecule has 1 aliphatic rings. The molecule has 6 heteroatoms. The number of nitrogens with one attached hydrogen (secondary N) is 1. The predicted octanol–water partition coefficient (Wildman–Crippen LogP) is 3.59. The van der Waals surface area contributed by atoms with Gasteiger partial charge in [-0.1, -0.05) is 38.1 Å². The molecule has 0 aliphatic carbocycles. The lowest BCUT2D eigenvalue weighted by molar-refractivity contribution is -0.135. The van der Waals surface area contributed by atoms with Gasteiger partial charge in [0.15, 0.2) is 0 Å². The second kappa shape index (κ2) is 7.54. The Hall–Kier alpha value is -3.41. The minimum absolute atomic E-state index is 0.0435. The highest BCUT2D eigenvalue weighted by Gasteiger charge is 2.23. The van der Waals surface area contributed by atoms with Crippen molar-refractivity contribution < 1.29 is 14.0 Å². The Morgan fingerprint density at radius 1 is 1.07 bits per heavy atom. The molecule has 2 heterocycles. The predicted molar refractivity (Wildman–Crippen MR) is 111 cm³/mol. The molecule has 0 spiro atoms. The van der Waals surface area contributed by atoms with E-state index in [2.05, 4.69) is 5.32 Å². The van der Waals surface area contributed by atoms with E-state index in [1.165, 1.54) is 11.6 Å². The molecule has 0 radical (unpaired) electrons. The summed E-state index contributed by atoms with van der Waals surface area (Å²) >= 11 is 0. The average Bonchev–Trinajstić information content (AvgIpc) is 2.72. The van der Waals surface area contributed by atoms with E-state index in [1.54, 1.807) is 18.2 Å². The summed E-state index contributed by atoms with van der Waals surface area (Å²) in [6, 6.07) is 14.3. The van der Waals surface area contributed by atoms with Crippen LogP contribution in [-0.4, -0.2) is 23.3 Å². The van der Waals surface area contributed by atoms with Crippen molar-refractivity contribution in [2.75, 3.05) is 11.9 Å².